The van der Waals surface area contributed by atoms with Crippen LogP contribution in [0.1, 0.15) is 22.6 Å². The number of nitrogens with zero attached hydrogens (tertiary/aromatic N) is 3. The van der Waals surface area contributed by atoms with Crippen molar-refractivity contribution in [3.8, 4) is 0 Å². The molecule has 1 aromatic heterocycles. The van der Waals surface area contributed by atoms with E-state index in [-0.39, 0.29) is 0 Å². The van der Waals surface area contributed by atoms with Crippen LogP contribution in [0.15, 0.2) is 42.6 Å². The van der Waals surface area contributed by atoms with Gasteiger partial charge in [-0.05, 0) is 41.9 Å². The Hall–Kier alpha value is -2.37. The molecule has 1 atom stereocenters. The van der Waals surface area contributed by atoms with E-state index in [2.05, 4.69) is 63.4 Å². The first-order valence-corrected chi connectivity index (χ1v) is 9.35. The number of anilines is 1. The number of nitrogens with one attached hydrogen (secondary N) is 1. The highest BCUT2D eigenvalue weighted by atomic mass is 16.5. The largest absolute Gasteiger partial charge is 0.378 e. The fourth-order valence-corrected chi connectivity index (χ4v) is 4.31. The highest BCUT2D eigenvalue weighted by Crippen LogP contribution is 2.36. The second kappa shape index (κ2) is 6.41. The first-order chi connectivity index (χ1) is 12.8. The van der Waals surface area contributed by atoms with E-state index in [1.54, 1.807) is 0 Å². The summed E-state index contributed by atoms with van der Waals surface area (Å²) in [6.07, 6.45) is 1.88. The number of morpholine rings is 1. The Bertz CT molecular complexity index is 929. The molecule has 5 heteroatoms. The zero-order chi connectivity index (χ0) is 17.5. The summed E-state index contributed by atoms with van der Waals surface area (Å²) < 4.78 is 5.50. The van der Waals surface area contributed by atoms with Crippen molar-refractivity contribution < 1.29 is 4.74 Å². The van der Waals surface area contributed by atoms with Crippen molar-refractivity contribution in [3.05, 3.63) is 59.3 Å². The molecule has 0 aliphatic carbocycles. The van der Waals surface area contributed by atoms with Crippen LogP contribution < -0.4 is 4.90 Å². The van der Waals surface area contributed by atoms with Gasteiger partial charge in [0.25, 0.3) is 0 Å². The van der Waals surface area contributed by atoms with Gasteiger partial charge >= 0.3 is 0 Å². The van der Waals surface area contributed by atoms with Crippen LogP contribution in [0.5, 0.6) is 0 Å². The lowest BCUT2D eigenvalue weighted by Crippen LogP contribution is -2.36. The third-order valence-electron chi connectivity index (χ3n) is 5.68. The number of aromatic nitrogens is 2. The average molecular weight is 348 g/mol. The molecule has 26 heavy (non-hydrogen) atoms. The van der Waals surface area contributed by atoms with Gasteiger partial charge in [-0.15, -0.1) is 0 Å². The first kappa shape index (κ1) is 15.9. The Morgan fingerprint density at radius 1 is 1.12 bits per heavy atom. The molecule has 0 amide bonds. The van der Waals surface area contributed by atoms with Gasteiger partial charge in [0.2, 0.25) is 0 Å². The number of hydrogen-bond donors (Lipinski definition) is 1. The van der Waals surface area contributed by atoms with Gasteiger partial charge < -0.3 is 14.5 Å². The molecule has 3 aromatic rings. The number of likely N-dealkylation sites (N-methyl/N-ethyl adjacent to an activating group) is 1. The molecular weight excluding hydrogens is 324 g/mol. The number of aromatic amines is 1. The Kier molecular flexibility index (Phi) is 3.91. The maximum Gasteiger partial charge on any atom is 0.0653 e. The normalized spacial score (nSPS) is 21.1. The SMILES string of the molecule is CN1Cc2cc(N3CCOCC3)ccc2C(c2ccc3cn[nH]c3c2)C1. The number of rotatable bonds is 2. The molecule has 0 radical (unpaired) electrons. The summed E-state index contributed by atoms with van der Waals surface area (Å²) in [5, 5.41) is 8.43. The molecule has 5 rings (SSSR count). The van der Waals surface area contributed by atoms with Crippen molar-refractivity contribution in [2.24, 2.45) is 0 Å². The lowest BCUT2D eigenvalue weighted by atomic mass is 9.84. The van der Waals surface area contributed by atoms with Crippen LogP contribution in [0.3, 0.4) is 0 Å². The lowest BCUT2D eigenvalue weighted by Gasteiger charge is -2.35. The smallest absolute Gasteiger partial charge is 0.0653 e. The molecule has 1 N–H and O–H groups in total. The van der Waals surface area contributed by atoms with Crippen LogP contribution >= 0.6 is 0 Å². The zero-order valence-corrected chi connectivity index (χ0v) is 15.1. The summed E-state index contributed by atoms with van der Waals surface area (Å²) in [6, 6.07) is 13.7. The monoisotopic (exact) mass is 348 g/mol. The molecule has 134 valence electrons. The van der Waals surface area contributed by atoms with E-state index in [0.717, 1.165) is 44.9 Å². The van der Waals surface area contributed by atoms with Crippen LogP contribution in [-0.4, -0.2) is 55.0 Å². The topological polar surface area (TPSA) is 44.4 Å². The van der Waals surface area contributed by atoms with Gasteiger partial charge in [-0.2, -0.15) is 5.10 Å². The molecule has 1 unspecified atom stereocenters. The summed E-state index contributed by atoms with van der Waals surface area (Å²) in [4.78, 5) is 4.86. The molecule has 3 heterocycles. The predicted octanol–water partition coefficient (Wildman–Crippen LogP) is 2.98. The number of fused-ring (bicyclic) bond motifs is 2. The van der Waals surface area contributed by atoms with E-state index in [9.17, 15) is 0 Å². The minimum atomic E-state index is 0.398. The summed E-state index contributed by atoms with van der Waals surface area (Å²) in [5.74, 6) is 0.398. The average Bonchev–Trinajstić information content (AvgIpc) is 3.15. The molecule has 2 aliphatic rings. The van der Waals surface area contributed by atoms with Gasteiger partial charge in [-0.25, -0.2) is 0 Å². The van der Waals surface area contributed by atoms with E-state index in [1.165, 1.54) is 27.8 Å². The van der Waals surface area contributed by atoms with Gasteiger partial charge in [-0.1, -0.05) is 18.2 Å². The quantitative estimate of drug-likeness (QED) is 0.773. The molecule has 1 fully saturated rings. The molecule has 2 aliphatic heterocycles. The van der Waals surface area contributed by atoms with E-state index >= 15 is 0 Å². The molecule has 0 bridgehead atoms. The van der Waals surface area contributed by atoms with Gasteiger partial charge in [0.15, 0.2) is 0 Å². The Morgan fingerprint density at radius 2 is 2.00 bits per heavy atom. The number of benzene rings is 2. The maximum absolute atomic E-state index is 5.50. The van der Waals surface area contributed by atoms with Crippen LogP contribution in [-0.2, 0) is 11.3 Å². The Balaban J connectivity index is 1.52. The second-order valence-electron chi connectivity index (χ2n) is 7.45. The highest BCUT2D eigenvalue weighted by Gasteiger charge is 2.26. The van der Waals surface area contributed by atoms with Gasteiger partial charge in [0.1, 0.15) is 0 Å². The standard InChI is InChI=1S/C21H24N4O/c1-24-13-17-10-18(25-6-8-26-9-7-25)4-5-19(17)20(14-24)15-2-3-16-12-22-23-21(16)11-15/h2-5,10-12,20H,6-9,13-14H2,1H3,(H,22,23). The minimum Gasteiger partial charge on any atom is -0.378 e. The summed E-state index contributed by atoms with van der Waals surface area (Å²) in [6.45, 7) is 5.66. The third-order valence-corrected chi connectivity index (χ3v) is 5.68. The van der Waals surface area contributed by atoms with E-state index in [0.29, 0.717) is 5.92 Å². The molecule has 1 saturated heterocycles. The fraction of sp³-hybridized carbons (Fsp3) is 0.381. The zero-order valence-electron chi connectivity index (χ0n) is 15.1. The van der Waals surface area contributed by atoms with Gasteiger partial charge in [0, 0.05) is 43.2 Å². The first-order valence-electron chi connectivity index (χ1n) is 9.35. The van der Waals surface area contributed by atoms with E-state index in [1.807, 2.05) is 6.20 Å². The molecule has 0 spiro atoms. The van der Waals surface area contributed by atoms with Crippen LogP contribution in [0.2, 0.25) is 0 Å². The van der Waals surface area contributed by atoms with E-state index in [4.69, 9.17) is 4.74 Å². The molecule has 2 aromatic carbocycles. The molecule has 5 nitrogen and oxygen atoms in total. The van der Waals surface area contributed by atoms with Crippen molar-refractivity contribution in [2.45, 2.75) is 12.5 Å². The lowest BCUT2D eigenvalue weighted by molar-refractivity contribution is 0.122. The summed E-state index contributed by atoms with van der Waals surface area (Å²) in [7, 11) is 2.21. The van der Waals surface area contributed by atoms with Gasteiger partial charge in [-0.3, -0.25) is 5.10 Å². The summed E-state index contributed by atoms with van der Waals surface area (Å²) >= 11 is 0. The number of H-pyrrole nitrogens is 1. The summed E-state index contributed by atoms with van der Waals surface area (Å²) in [5.41, 5.74) is 6.69. The molecular formula is C21H24N4O. The van der Waals surface area contributed by atoms with Crippen LogP contribution in [0, 0.1) is 0 Å². The van der Waals surface area contributed by atoms with Crippen molar-refractivity contribution in [1.29, 1.82) is 0 Å². The van der Waals surface area contributed by atoms with Crippen molar-refractivity contribution in [1.82, 2.24) is 15.1 Å². The molecule has 0 saturated carbocycles. The second-order valence-corrected chi connectivity index (χ2v) is 7.45. The van der Waals surface area contributed by atoms with Crippen LogP contribution in [0.25, 0.3) is 10.9 Å². The number of ether oxygens (including phenoxy) is 1. The highest BCUT2D eigenvalue weighted by molar-refractivity contribution is 5.78. The van der Waals surface area contributed by atoms with Crippen molar-refractivity contribution in [2.75, 3.05) is 44.8 Å². The minimum absolute atomic E-state index is 0.398. The fourth-order valence-electron chi connectivity index (χ4n) is 4.31. The Morgan fingerprint density at radius 3 is 2.88 bits per heavy atom. The van der Waals surface area contributed by atoms with Crippen molar-refractivity contribution >= 4 is 16.6 Å². The maximum atomic E-state index is 5.50. The van der Waals surface area contributed by atoms with Crippen molar-refractivity contribution in [3.63, 3.8) is 0 Å². The number of hydrogen-bond acceptors (Lipinski definition) is 4. The third kappa shape index (κ3) is 2.77. The van der Waals surface area contributed by atoms with Gasteiger partial charge in [0.05, 0.1) is 24.9 Å². The predicted molar refractivity (Wildman–Crippen MR) is 104 cm³/mol. The van der Waals surface area contributed by atoms with Crippen LogP contribution in [0.4, 0.5) is 5.69 Å². The van der Waals surface area contributed by atoms with E-state index < -0.39 is 0 Å². The Labute approximate surface area is 153 Å².